The quantitative estimate of drug-likeness (QED) is 0.650. The summed E-state index contributed by atoms with van der Waals surface area (Å²) >= 11 is 0. The second kappa shape index (κ2) is 5.77. The Hall–Kier alpha value is -2.69. The molecule has 0 saturated carbocycles. The van der Waals surface area contributed by atoms with Crippen LogP contribution in [-0.4, -0.2) is 21.7 Å². The van der Waals surface area contributed by atoms with Gasteiger partial charge in [0.1, 0.15) is 5.75 Å². The number of phenolic OH excluding ortho intramolecular Hbond substituents is 1. The van der Waals surface area contributed by atoms with Crippen molar-refractivity contribution >= 4 is 11.6 Å². The number of pyridine rings is 1. The van der Waals surface area contributed by atoms with Gasteiger partial charge in [0.2, 0.25) is 0 Å². The molecule has 2 N–H and O–H groups in total. The molecule has 5 nitrogen and oxygen atoms in total. The number of amides is 1. The lowest BCUT2D eigenvalue weighted by Gasteiger charge is -2.03. The summed E-state index contributed by atoms with van der Waals surface area (Å²) in [5, 5.41) is 13.5. The van der Waals surface area contributed by atoms with Crippen molar-refractivity contribution in [3.63, 3.8) is 0 Å². The molecule has 0 spiro atoms. The van der Waals surface area contributed by atoms with E-state index in [1.165, 1.54) is 12.1 Å². The molecule has 0 unspecified atom stereocenters. The number of hydrogen-bond donors (Lipinski definition) is 2. The summed E-state index contributed by atoms with van der Waals surface area (Å²) < 4.78 is 0. The number of carbonyl (C=O) groups excluding carboxylic acids is 1. The first-order valence-corrected chi connectivity index (χ1v) is 5.72. The number of hydrogen-bond acceptors (Lipinski definition) is 4. The van der Waals surface area contributed by atoms with E-state index in [0.29, 0.717) is 11.4 Å². The van der Waals surface area contributed by atoms with Crippen LogP contribution in [0.5, 0.6) is 5.75 Å². The average molecular weight is 255 g/mol. The maximum atomic E-state index is 11.8. The highest BCUT2D eigenvalue weighted by atomic mass is 16.3. The van der Waals surface area contributed by atoms with Gasteiger partial charge in [0.05, 0.1) is 17.0 Å². The van der Waals surface area contributed by atoms with Gasteiger partial charge in [-0.1, -0.05) is 18.2 Å². The molecule has 19 heavy (non-hydrogen) atoms. The minimum absolute atomic E-state index is 0.0781. The number of nitrogens with one attached hydrogen (secondary N) is 1. The zero-order chi connectivity index (χ0) is 13.7. The van der Waals surface area contributed by atoms with Crippen molar-refractivity contribution in [3.8, 4) is 5.75 Å². The Morgan fingerprint density at radius 3 is 2.63 bits per heavy atom. The predicted molar refractivity (Wildman–Crippen MR) is 72.0 cm³/mol. The second-order valence-electron chi connectivity index (χ2n) is 3.87. The topological polar surface area (TPSA) is 74.6 Å². The molecule has 0 aliphatic carbocycles. The zero-order valence-corrected chi connectivity index (χ0v) is 10.4. The molecule has 2 rings (SSSR count). The van der Waals surface area contributed by atoms with Gasteiger partial charge in [0.15, 0.2) is 0 Å². The number of hydrazone groups is 1. The molecule has 96 valence electrons. The summed E-state index contributed by atoms with van der Waals surface area (Å²) in [7, 11) is 0. The van der Waals surface area contributed by atoms with Crippen LogP contribution in [0, 0.1) is 0 Å². The van der Waals surface area contributed by atoms with Gasteiger partial charge in [0, 0.05) is 6.20 Å². The van der Waals surface area contributed by atoms with Crippen LogP contribution in [0.2, 0.25) is 0 Å². The zero-order valence-electron chi connectivity index (χ0n) is 10.4. The Labute approximate surface area is 110 Å². The van der Waals surface area contributed by atoms with Crippen molar-refractivity contribution in [3.05, 3.63) is 59.9 Å². The predicted octanol–water partition coefficient (Wildman–Crippen LogP) is 1.94. The van der Waals surface area contributed by atoms with Gasteiger partial charge < -0.3 is 5.11 Å². The van der Waals surface area contributed by atoms with Gasteiger partial charge in [-0.25, -0.2) is 5.43 Å². The first kappa shape index (κ1) is 12.8. The van der Waals surface area contributed by atoms with Gasteiger partial charge in [-0.15, -0.1) is 0 Å². The van der Waals surface area contributed by atoms with E-state index >= 15 is 0 Å². The van der Waals surface area contributed by atoms with Crippen LogP contribution in [0.15, 0.2) is 53.8 Å². The summed E-state index contributed by atoms with van der Waals surface area (Å²) in [5.41, 5.74) is 3.84. The van der Waals surface area contributed by atoms with Gasteiger partial charge in [0.25, 0.3) is 5.91 Å². The highest BCUT2D eigenvalue weighted by molar-refractivity contribution is 6.00. The molecule has 0 bridgehead atoms. The van der Waals surface area contributed by atoms with E-state index < -0.39 is 5.91 Å². The van der Waals surface area contributed by atoms with Crippen LogP contribution in [-0.2, 0) is 0 Å². The number of nitrogens with zero attached hydrogens (tertiary/aromatic N) is 2. The van der Waals surface area contributed by atoms with Gasteiger partial charge in [-0.05, 0) is 31.2 Å². The average Bonchev–Trinajstić information content (AvgIpc) is 2.46. The molecular weight excluding hydrogens is 242 g/mol. The number of carbonyl (C=O) groups is 1. The summed E-state index contributed by atoms with van der Waals surface area (Å²) in [6.45, 7) is 1.74. The minimum Gasteiger partial charge on any atom is -0.507 e. The van der Waals surface area contributed by atoms with Crippen molar-refractivity contribution < 1.29 is 9.90 Å². The molecule has 0 atom stereocenters. The Bertz CT molecular complexity index is 609. The monoisotopic (exact) mass is 255 g/mol. The maximum Gasteiger partial charge on any atom is 0.275 e. The van der Waals surface area contributed by atoms with Crippen LogP contribution in [0.25, 0.3) is 0 Å². The fraction of sp³-hybridized carbons (Fsp3) is 0.0714. The van der Waals surface area contributed by atoms with Crippen molar-refractivity contribution in [2.24, 2.45) is 5.10 Å². The highest BCUT2D eigenvalue weighted by Gasteiger charge is 2.09. The molecule has 0 aliphatic rings. The maximum absolute atomic E-state index is 11.8. The third-order valence-electron chi connectivity index (χ3n) is 2.51. The van der Waals surface area contributed by atoms with Gasteiger partial charge in [-0.3, -0.25) is 9.78 Å². The molecule has 1 amide bonds. The van der Waals surface area contributed by atoms with Crippen molar-refractivity contribution in [1.82, 2.24) is 10.4 Å². The van der Waals surface area contributed by atoms with Crippen LogP contribution in [0.1, 0.15) is 23.0 Å². The van der Waals surface area contributed by atoms with Crippen molar-refractivity contribution in [1.29, 1.82) is 0 Å². The minimum atomic E-state index is -0.464. The van der Waals surface area contributed by atoms with Crippen molar-refractivity contribution in [2.45, 2.75) is 6.92 Å². The first-order valence-electron chi connectivity index (χ1n) is 5.72. The van der Waals surface area contributed by atoms with Gasteiger partial charge in [-0.2, -0.15) is 5.10 Å². The van der Waals surface area contributed by atoms with Crippen LogP contribution in [0.4, 0.5) is 0 Å². The van der Waals surface area contributed by atoms with Crippen LogP contribution in [0.3, 0.4) is 0 Å². The normalized spacial score (nSPS) is 11.1. The molecule has 1 aromatic carbocycles. The lowest BCUT2D eigenvalue weighted by Crippen LogP contribution is -2.19. The van der Waals surface area contributed by atoms with Crippen LogP contribution >= 0.6 is 0 Å². The number of phenols is 1. The Kier molecular flexibility index (Phi) is 3.87. The smallest absolute Gasteiger partial charge is 0.275 e. The van der Waals surface area contributed by atoms with E-state index in [0.717, 1.165) is 0 Å². The summed E-state index contributed by atoms with van der Waals surface area (Å²) in [4.78, 5) is 15.9. The number of para-hydroxylation sites is 1. The fourth-order valence-corrected chi connectivity index (χ4v) is 1.49. The van der Waals surface area contributed by atoms with E-state index in [4.69, 9.17) is 0 Å². The molecule has 0 saturated heterocycles. The lowest BCUT2D eigenvalue weighted by atomic mass is 10.2. The van der Waals surface area contributed by atoms with E-state index in [2.05, 4.69) is 15.5 Å². The first-order chi connectivity index (χ1) is 9.18. The standard InChI is InChI=1S/C14H13N3O2/c1-10(12-7-4-5-9-15-12)16-17-14(19)11-6-2-3-8-13(11)18/h2-9,18H,1H3,(H,17,19)/b16-10+. The summed E-state index contributed by atoms with van der Waals surface area (Å²) in [6, 6.07) is 11.7. The Balaban J connectivity index is 2.11. The molecule has 2 aromatic rings. The third kappa shape index (κ3) is 3.16. The number of aromatic hydroxyl groups is 1. The second-order valence-corrected chi connectivity index (χ2v) is 3.87. The SMILES string of the molecule is C/C(=N\NC(=O)c1ccccc1O)c1ccccn1. The van der Waals surface area contributed by atoms with E-state index in [1.54, 1.807) is 37.4 Å². The van der Waals surface area contributed by atoms with Gasteiger partial charge >= 0.3 is 0 Å². The number of rotatable bonds is 3. The van der Waals surface area contributed by atoms with E-state index in [-0.39, 0.29) is 11.3 Å². The molecular formula is C14H13N3O2. The number of benzene rings is 1. The van der Waals surface area contributed by atoms with E-state index in [1.807, 2.05) is 6.07 Å². The van der Waals surface area contributed by atoms with Crippen LogP contribution < -0.4 is 5.43 Å². The summed E-state index contributed by atoms with van der Waals surface area (Å²) in [6.07, 6.45) is 1.65. The Morgan fingerprint density at radius 2 is 1.95 bits per heavy atom. The Morgan fingerprint density at radius 1 is 1.21 bits per heavy atom. The molecule has 5 heteroatoms. The molecule has 1 heterocycles. The highest BCUT2D eigenvalue weighted by Crippen LogP contribution is 2.14. The lowest BCUT2D eigenvalue weighted by molar-refractivity contribution is 0.0952. The third-order valence-corrected chi connectivity index (χ3v) is 2.51. The summed E-state index contributed by atoms with van der Waals surface area (Å²) in [5.74, 6) is -0.543. The van der Waals surface area contributed by atoms with E-state index in [9.17, 15) is 9.90 Å². The molecule has 1 aromatic heterocycles. The molecule has 0 aliphatic heterocycles. The molecule has 0 radical (unpaired) electrons. The molecule has 0 fully saturated rings. The number of aromatic nitrogens is 1. The van der Waals surface area contributed by atoms with Crippen molar-refractivity contribution in [2.75, 3.05) is 0 Å². The largest absolute Gasteiger partial charge is 0.507 e. The fourth-order valence-electron chi connectivity index (χ4n) is 1.49.